The van der Waals surface area contributed by atoms with Crippen molar-refractivity contribution in [3.63, 3.8) is 0 Å². The smallest absolute Gasteiger partial charge is 0.416 e. The zero-order chi connectivity index (χ0) is 17.0. The molecule has 22 heavy (non-hydrogen) atoms. The van der Waals surface area contributed by atoms with Gasteiger partial charge in [0.1, 0.15) is 11.4 Å². The maximum absolute atomic E-state index is 13.1. The fourth-order valence-corrected chi connectivity index (χ4v) is 1.40. The Morgan fingerprint density at radius 1 is 1.23 bits per heavy atom. The molecule has 7 heteroatoms. The third-order valence-corrected chi connectivity index (χ3v) is 2.18. The second-order valence-electron chi connectivity index (χ2n) is 5.38. The Hall–Kier alpha value is -2.23. The van der Waals surface area contributed by atoms with Gasteiger partial charge in [-0.25, -0.2) is 9.18 Å². The number of rotatable bonds is 1. The summed E-state index contributed by atoms with van der Waals surface area (Å²) in [7, 11) is 0. The molecule has 1 aromatic rings. The number of benzene rings is 1. The average molecular weight is 317 g/mol. The van der Waals surface area contributed by atoms with E-state index in [1.807, 2.05) is 0 Å². The van der Waals surface area contributed by atoms with Gasteiger partial charge in [-0.3, -0.25) is 0 Å². The van der Waals surface area contributed by atoms with Gasteiger partial charge in [0.2, 0.25) is 0 Å². The summed E-state index contributed by atoms with van der Waals surface area (Å²) < 4.78 is 55.6. The molecule has 0 fully saturated rings. The van der Waals surface area contributed by atoms with Crippen LogP contribution in [-0.2, 0) is 10.9 Å². The number of ether oxygens (including phenoxy) is 1. The van der Waals surface area contributed by atoms with Crippen LogP contribution >= 0.6 is 0 Å². The van der Waals surface area contributed by atoms with Gasteiger partial charge in [-0.15, -0.1) is 0 Å². The number of alkyl halides is 3. The Morgan fingerprint density at radius 2 is 1.86 bits per heavy atom. The second-order valence-corrected chi connectivity index (χ2v) is 5.38. The predicted molar refractivity (Wildman–Crippen MR) is 72.5 cm³/mol. The summed E-state index contributed by atoms with van der Waals surface area (Å²) in [4.78, 5) is 11.3. The molecule has 0 aliphatic rings. The summed E-state index contributed by atoms with van der Waals surface area (Å²) in [6.07, 6.45) is -5.34. The van der Waals surface area contributed by atoms with Crippen molar-refractivity contribution in [2.24, 2.45) is 0 Å². The lowest BCUT2D eigenvalue weighted by atomic mass is 10.1. The number of halogens is 4. The van der Waals surface area contributed by atoms with E-state index < -0.39 is 29.3 Å². The van der Waals surface area contributed by atoms with Crippen LogP contribution in [0.25, 0.3) is 0 Å². The lowest BCUT2D eigenvalue weighted by Gasteiger charge is -2.19. The molecule has 0 aromatic heterocycles. The van der Waals surface area contributed by atoms with E-state index in [1.165, 1.54) is 0 Å². The van der Waals surface area contributed by atoms with Crippen molar-refractivity contribution >= 4 is 6.09 Å². The van der Waals surface area contributed by atoms with E-state index in [4.69, 9.17) is 4.74 Å². The van der Waals surface area contributed by atoms with E-state index in [2.05, 4.69) is 17.2 Å². The van der Waals surface area contributed by atoms with Crippen molar-refractivity contribution < 1.29 is 27.1 Å². The van der Waals surface area contributed by atoms with Crippen molar-refractivity contribution in [1.29, 1.82) is 0 Å². The van der Waals surface area contributed by atoms with Crippen LogP contribution in [0.5, 0.6) is 0 Å². The zero-order valence-electron chi connectivity index (χ0n) is 12.3. The molecule has 0 atom stereocenters. The van der Waals surface area contributed by atoms with E-state index in [0.29, 0.717) is 6.07 Å². The predicted octanol–water partition coefficient (Wildman–Crippen LogP) is 3.72. The minimum atomic E-state index is -4.65. The van der Waals surface area contributed by atoms with E-state index in [1.54, 1.807) is 20.8 Å². The maximum atomic E-state index is 13.1. The first kappa shape index (κ1) is 17.8. The number of amides is 1. The van der Waals surface area contributed by atoms with Gasteiger partial charge in [0.15, 0.2) is 0 Å². The first-order valence-electron chi connectivity index (χ1n) is 6.31. The molecule has 0 bridgehead atoms. The summed E-state index contributed by atoms with van der Waals surface area (Å²) in [6, 6.07) is 2.02. The summed E-state index contributed by atoms with van der Waals surface area (Å²) in [5.74, 6) is 3.76. The molecule has 0 spiro atoms. The topological polar surface area (TPSA) is 38.3 Å². The lowest BCUT2D eigenvalue weighted by molar-refractivity contribution is -0.137. The normalized spacial score (nSPS) is 11.4. The van der Waals surface area contributed by atoms with Crippen LogP contribution in [0.1, 0.15) is 31.9 Å². The van der Waals surface area contributed by atoms with Crippen LogP contribution in [0.4, 0.5) is 22.4 Å². The number of hydrogen-bond acceptors (Lipinski definition) is 2. The molecule has 0 saturated carbocycles. The third-order valence-electron chi connectivity index (χ3n) is 2.18. The van der Waals surface area contributed by atoms with Crippen LogP contribution in [0.15, 0.2) is 18.2 Å². The quantitative estimate of drug-likeness (QED) is 0.633. The van der Waals surface area contributed by atoms with Gasteiger partial charge in [-0.1, -0.05) is 11.8 Å². The number of alkyl carbamates (subject to hydrolysis) is 1. The van der Waals surface area contributed by atoms with E-state index in [9.17, 15) is 22.4 Å². The molecule has 0 heterocycles. The van der Waals surface area contributed by atoms with Gasteiger partial charge in [-0.2, -0.15) is 13.2 Å². The highest BCUT2D eigenvalue weighted by atomic mass is 19.4. The van der Waals surface area contributed by atoms with E-state index >= 15 is 0 Å². The van der Waals surface area contributed by atoms with Crippen LogP contribution in [-0.4, -0.2) is 18.2 Å². The lowest BCUT2D eigenvalue weighted by Crippen LogP contribution is -2.32. The van der Waals surface area contributed by atoms with Gasteiger partial charge >= 0.3 is 12.3 Å². The van der Waals surface area contributed by atoms with Crippen molar-refractivity contribution in [2.45, 2.75) is 32.5 Å². The number of carbonyl (C=O) groups excluding carboxylic acids is 1. The molecule has 1 amide bonds. The highest BCUT2D eigenvalue weighted by molar-refractivity contribution is 5.68. The minimum Gasteiger partial charge on any atom is -0.444 e. The highest BCUT2D eigenvalue weighted by Gasteiger charge is 2.31. The molecule has 0 saturated heterocycles. The first-order valence-corrected chi connectivity index (χ1v) is 6.31. The van der Waals surface area contributed by atoms with Crippen molar-refractivity contribution in [3.8, 4) is 11.8 Å². The Morgan fingerprint density at radius 3 is 2.41 bits per heavy atom. The molecule has 1 N–H and O–H groups in total. The van der Waals surface area contributed by atoms with Crippen LogP contribution in [0.2, 0.25) is 0 Å². The zero-order valence-corrected chi connectivity index (χ0v) is 12.3. The number of nitrogens with one attached hydrogen (secondary N) is 1. The summed E-state index contributed by atoms with van der Waals surface area (Å²) in [6.45, 7) is 4.92. The monoisotopic (exact) mass is 317 g/mol. The molecule has 1 rings (SSSR count). The highest BCUT2D eigenvalue weighted by Crippen LogP contribution is 2.30. The summed E-state index contributed by atoms with van der Waals surface area (Å²) in [5, 5.41) is 2.32. The Balaban J connectivity index is 2.69. The van der Waals surface area contributed by atoms with Gasteiger partial charge in [-0.05, 0) is 39.0 Å². The molecule has 0 unspecified atom stereocenters. The SMILES string of the molecule is CC(C)(C)OC(=O)NCC#Cc1cc(F)cc(C(F)(F)F)c1. The van der Waals surface area contributed by atoms with Crippen molar-refractivity contribution in [3.05, 3.63) is 35.1 Å². The molecular formula is C15H15F4NO2. The Labute approximate surface area is 125 Å². The van der Waals surface area contributed by atoms with Gasteiger partial charge in [0, 0.05) is 5.56 Å². The number of carbonyl (C=O) groups is 1. The maximum Gasteiger partial charge on any atom is 0.416 e. The van der Waals surface area contributed by atoms with Gasteiger partial charge in [0.25, 0.3) is 0 Å². The van der Waals surface area contributed by atoms with Crippen molar-refractivity contribution in [1.82, 2.24) is 5.32 Å². The Kier molecular flexibility index (Phi) is 5.42. The molecule has 3 nitrogen and oxygen atoms in total. The second kappa shape index (κ2) is 6.69. The Bertz CT molecular complexity index is 607. The molecule has 0 aliphatic carbocycles. The van der Waals surface area contributed by atoms with E-state index in [-0.39, 0.29) is 12.1 Å². The van der Waals surface area contributed by atoms with Crippen LogP contribution < -0.4 is 5.32 Å². The van der Waals surface area contributed by atoms with Gasteiger partial charge < -0.3 is 10.1 Å². The molecule has 120 valence electrons. The molecular weight excluding hydrogens is 302 g/mol. The van der Waals surface area contributed by atoms with Crippen LogP contribution in [0, 0.1) is 17.7 Å². The third kappa shape index (κ3) is 6.48. The molecule has 0 aliphatic heterocycles. The standard InChI is InChI=1S/C15H15F4NO2/c1-14(2,3)22-13(21)20-6-4-5-10-7-11(15(17,18)19)9-12(16)8-10/h7-9H,6H2,1-3H3,(H,20,21). The van der Waals surface area contributed by atoms with Gasteiger partial charge in [0.05, 0.1) is 12.1 Å². The first-order chi connectivity index (χ1) is 9.97. The summed E-state index contributed by atoms with van der Waals surface area (Å²) in [5.41, 5.74) is -1.91. The average Bonchev–Trinajstić information content (AvgIpc) is 2.30. The van der Waals surface area contributed by atoms with E-state index in [0.717, 1.165) is 12.1 Å². The minimum absolute atomic E-state index is 0.127. The number of hydrogen-bond donors (Lipinski definition) is 1. The largest absolute Gasteiger partial charge is 0.444 e. The fourth-order valence-electron chi connectivity index (χ4n) is 1.40. The van der Waals surface area contributed by atoms with Crippen LogP contribution in [0.3, 0.4) is 0 Å². The fraction of sp³-hybridized carbons (Fsp3) is 0.400. The molecule has 0 radical (unpaired) electrons. The molecule has 1 aromatic carbocycles. The summed E-state index contributed by atoms with van der Waals surface area (Å²) >= 11 is 0. The van der Waals surface area contributed by atoms with Crippen molar-refractivity contribution in [2.75, 3.05) is 6.54 Å².